The van der Waals surface area contributed by atoms with Crippen LogP contribution in [0.2, 0.25) is 10.0 Å². The SMILES string of the molecule is O=C(N/N=C\c1ccccc1OCc1ccccc1)c1cc(Cl)ccc1Cl. The molecular weight excluding hydrogens is 383 g/mol. The van der Waals surface area contributed by atoms with Gasteiger partial charge in [0.25, 0.3) is 5.91 Å². The van der Waals surface area contributed by atoms with Crippen LogP contribution in [0.3, 0.4) is 0 Å². The fourth-order valence-electron chi connectivity index (χ4n) is 2.35. The Morgan fingerprint density at radius 1 is 1.00 bits per heavy atom. The lowest BCUT2D eigenvalue weighted by Gasteiger charge is -2.09. The van der Waals surface area contributed by atoms with Gasteiger partial charge in [-0.15, -0.1) is 0 Å². The van der Waals surface area contributed by atoms with E-state index in [-0.39, 0.29) is 5.56 Å². The van der Waals surface area contributed by atoms with Crippen LogP contribution in [0.15, 0.2) is 77.9 Å². The largest absolute Gasteiger partial charge is 0.488 e. The molecule has 0 spiro atoms. The summed E-state index contributed by atoms with van der Waals surface area (Å²) >= 11 is 11.9. The van der Waals surface area contributed by atoms with Crippen LogP contribution in [0.4, 0.5) is 0 Å². The number of hydrogen-bond acceptors (Lipinski definition) is 3. The van der Waals surface area contributed by atoms with Gasteiger partial charge in [-0.3, -0.25) is 4.79 Å². The number of amides is 1. The number of rotatable bonds is 6. The van der Waals surface area contributed by atoms with Crippen molar-refractivity contribution in [1.82, 2.24) is 5.43 Å². The van der Waals surface area contributed by atoms with Crippen LogP contribution in [-0.2, 0) is 6.61 Å². The molecule has 1 amide bonds. The maximum atomic E-state index is 12.2. The standard InChI is InChI=1S/C21H16Cl2N2O2/c22-17-10-11-19(23)18(12-17)21(26)25-24-13-16-8-4-5-9-20(16)27-14-15-6-2-1-3-7-15/h1-13H,14H2,(H,25,26)/b24-13-. The van der Waals surface area contributed by atoms with E-state index in [0.29, 0.717) is 22.4 Å². The molecule has 0 fully saturated rings. The van der Waals surface area contributed by atoms with Crippen molar-refractivity contribution in [3.63, 3.8) is 0 Å². The van der Waals surface area contributed by atoms with Gasteiger partial charge in [0.05, 0.1) is 16.8 Å². The van der Waals surface area contributed by atoms with E-state index in [2.05, 4.69) is 10.5 Å². The van der Waals surface area contributed by atoms with Gasteiger partial charge in [0, 0.05) is 10.6 Å². The van der Waals surface area contributed by atoms with E-state index < -0.39 is 5.91 Å². The zero-order valence-corrected chi connectivity index (χ0v) is 15.7. The van der Waals surface area contributed by atoms with Gasteiger partial charge in [-0.1, -0.05) is 65.7 Å². The number of para-hydroxylation sites is 1. The van der Waals surface area contributed by atoms with Crippen LogP contribution in [0.1, 0.15) is 21.5 Å². The molecule has 3 aromatic rings. The van der Waals surface area contributed by atoms with E-state index in [0.717, 1.165) is 11.1 Å². The van der Waals surface area contributed by atoms with Crippen molar-refractivity contribution in [3.05, 3.63) is 99.5 Å². The molecule has 3 rings (SSSR count). The summed E-state index contributed by atoms with van der Waals surface area (Å²) in [5, 5.41) is 4.73. The molecule has 0 heterocycles. The van der Waals surface area contributed by atoms with E-state index in [4.69, 9.17) is 27.9 Å². The first kappa shape index (κ1) is 19.0. The molecule has 0 saturated heterocycles. The molecule has 0 aliphatic heterocycles. The minimum atomic E-state index is -0.443. The van der Waals surface area contributed by atoms with Gasteiger partial charge < -0.3 is 4.74 Å². The van der Waals surface area contributed by atoms with Crippen molar-refractivity contribution in [1.29, 1.82) is 0 Å². The molecule has 0 aliphatic carbocycles. The van der Waals surface area contributed by atoms with Crippen LogP contribution in [-0.4, -0.2) is 12.1 Å². The lowest BCUT2D eigenvalue weighted by molar-refractivity contribution is 0.0955. The van der Waals surface area contributed by atoms with E-state index in [1.807, 2.05) is 54.6 Å². The first-order valence-corrected chi connectivity index (χ1v) is 8.93. The number of carbonyl (C=O) groups excluding carboxylic acids is 1. The second kappa shape index (κ2) is 9.21. The molecule has 0 radical (unpaired) electrons. The van der Waals surface area contributed by atoms with E-state index in [1.54, 1.807) is 12.1 Å². The molecule has 1 N–H and O–H groups in total. The van der Waals surface area contributed by atoms with Gasteiger partial charge in [-0.25, -0.2) is 5.43 Å². The average molecular weight is 399 g/mol. The Hall–Kier alpha value is -2.82. The number of hydrogen-bond donors (Lipinski definition) is 1. The molecule has 136 valence electrons. The normalized spacial score (nSPS) is 10.7. The molecule has 0 aromatic heterocycles. The maximum Gasteiger partial charge on any atom is 0.272 e. The lowest BCUT2D eigenvalue weighted by atomic mass is 10.2. The first-order valence-electron chi connectivity index (χ1n) is 8.17. The molecular formula is C21H16Cl2N2O2. The molecule has 3 aromatic carbocycles. The van der Waals surface area contributed by atoms with Gasteiger partial charge in [-0.2, -0.15) is 5.10 Å². The summed E-state index contributed by atoms with van der Waals surface area (Å²) in [6, 6.07) is 22.0. The van der Waals surface area contributed by atoms with Crippen molar-refractivity contribution >= 4 is 35.3 Å². The van der Waals surface area contributed by atoms with Crippen molar-refractivity contribution in [3.8, 4) is 5.75 Å². The second-order valence-corrected chi connectivity index (χ2v) is 6.48. The highest BCUT2D eigenvalue weighted by Gasteiger charge is 2.10. The number of nitrogens with one attached hydrogen (secondary N) is 1. The van der Waals surface area contributed by atoms with Gasteiger partial charge in [0.1, 0.15) is 12.4 Å². The first-order chi connectivity index (χ1) is 13.1. The topological polar surface area (TPSA) is 50.7 Å². The number of nitrogens with zero attached hydrogens (tertiary/aromatic N) is 1. The summed E-state index contributed by atoms with van der Waals surface area (Å²) in [5.74, 6) is 0.224. The Bertz CT molecular complexity index is 959. The fraction of sp³-hybridized carbons (Fsp3) is 0.0476. The Morgan fingerprint density at radius 3 is 2.56 bits per heavy atom. The monoisotopic (exact) mass is 398 g/mol. The minimum Gasteiger partial charge on any atom is -0.488 e. The predicted octanol–water partition coefficient (Wildman–Crippen LogP) is 5.34. The summed E-state index contributed by atoms with van der Waals surface area (Å²) in [5.41, 5.74) is 4.51. The van der Waals surface area contributed by atoms with Crippen molar-refractivity contribution in [2.45, 2.75) is 6.61 Å². The van der Waals surface area contributed by atoms with Crippen molar-refractivity contribution < 1.29 is 9.53 Å². The van der Waals surface area contributed by atoms with Gasteiger partial charge in [-0.05, 0) is 35.9 Å². The van der Waals surface area contributed by atoms with Crippen LogP contribution in [0.25, 0.3) is 0 Å². The zero-order chi connectivity index (χ0) is 19.1. The number of ether oxygens (including phenoxy) is 1. The highest BCUT2D eigenvalue weighted by Crippen LogP contribution is 2.21. The van der Waals surface area contributed by atoms with Crippen molar-refractivity contribution in [2.75, 3.05) is 0 Å². The number of benzene rings is 3. The van der Waals surface area contributed by atoms with Gasteiger partial charge in [0.2, 0.25) is 0 Å². The molecule has 4 nitrogen and oxygen atoms in total. The van der Waals surface area contributed by atoms with E-state index in [1.165, 1.54) is 12.3 Å². The summed E-state index contributed by atoms with van der Waals surface area (Å²) in [6.45, 7) is 0.441. The van der Waals surface area contributed by atoms with Crippen LogP contribution in [0.5, 0.6) is 5.75 Å². The summed E-state index contributed by atoms with van der Waals surface area (Å²) in [6.07, 6.45) is 1.52. The predicted molar refractivity (Wildman–Crippen MR) is 109 cm³/mol. The Morgan fingerprint density at radius 2 is 1.74 bits per heavy atom. The molecule has 27 heavy (non-hydrogen) atoms. The third kappa shape index (κ3) is 5.33. The van der Waals surface area contributed by atoms with Gasteiger partial charge >= 0.3 is 0 Å². The van der Waals surface area contributed by atoms with Gasteiger partial charge in [0.15, 0.2) is 0 Å². The van der Waals surface area contributed by atoms with Crippen LogP contribution < -0.4 is 10.2 Å². The summed E-state index contributed by atoms with van der Waals surface area (Å²) < 4.78 is 5.86. The summed E-state index contributed by atoms with van der Waals surface area (Å²) in [7, 11) is 0. The Kier molecular flexibility index (Phi) is 6.47. The lowest BCUT2D eigenvalue weighted by Crippen LogP contribution is -2.18. The number of hydrazone groups is 1. The van der Waals surface area contributed by atoms with E-state index >= 15 is 0 Å². The molecule has 0 bridgehead atoms. The average Bonchev–Trinajstić information content (AvgIpc) is 2.69. The third-order valence-corrected chi connectivity index (χ3v) is 4.26. The minimum absolute atomic E-state index is 0.259. The number of carbonyl (C=O) groups is 1. The molecule has 0 atom stereocenters. The molecule has 0 saturated carbocycles. The van der Waals surface area contributed by atoms with Crippen LogP contribution >= 0.6 is 23.2 Å². The quantitative estimate of drug-likeness (QED) is 0.450. The summed E-state index contributed by atoms with van der Waals surface area (Å²) in [4.78, 5) is 12.2. The van der Waals surface area contributed by atoms with E-state index in [9.17, 15) is 4.79 Å². The zero-order valence-electron chi connectivity index (χ0n) is 14.2. The molecule has 6 heteroatoms. The Balaban J connectivity index is 1.66. The fourth-order valence-corrected chi connectivity index (χ4v) is 2.72. The Labute approximate surface area is 167 Å². The van der Waals surface area contributed by atoms with Crippen molar-refractivity contribution in [2.24, 2.45) is 5.10 Å². The highest BCUT2D eigenvalue weighted by atomic mass is 35.5. The smallest absolute Gasteiger partial charge is 0.272 e. The van der Waals surface area contributed by atoms with Crippen LogP contribution in [0, 0.1) is 0 Å². The molecule has 0 unspecified atom stereocenters. The third-order valence-electron chi connectivity index (χ3n) is 3.70. The highest BCUT2D eigenvalue weighted by molar-refractivity contribution is 6.35. The second-order valence-electron chi connectivity index (χ2n) is 5.64. The molecule has 0 aliphatic rings. The maximum absolute atomic E-state index is 12.2. The number of halogens is 2.